The van der Waals surface area contributed by atoms with Crippen LogP contribution in [0.15, 0.2) is 65.7 Å². The van der Waals surface area contributed by atoms with E-state index < -0.39 is 134 Å². The molecule has 7 atom stereocenters. The van der Waals surface area contributed by atoms with Crippen LogP contribution in [0.4, 0.5) is 0 Å². The van der Waals surface area contributed by atoms with E-state index in [0.717, 1.165) is 4.90 Å². The Bertz CT molecular complexity index is 2390. The fourth-order valence-corrected chi connectivity index (χ4v) is 8.48. The number of hydrogen-bond acceptors (Lipinski definition) is 16. The number of guanidine groups is 1. The SMILES string of the molecule is CCC(=O)C(CC(C)C)NC(=O)C(CO)CC(=O)C(Cc1ccc(O)cc1)NC(=O)C(CC(=O)C(CO)NC(=O)C(CO)CC(=O)C(CCCN=C(N)N)NC(=O)CCCCCN1C(=O)C=CC1=O)Cc1ccc(O)cc1. The summed E-state index contributed by atoms with van der Waals surface area (Å²) in [4.78, 5) is 138. The molecule has 1 aliphatic heterocycles. The lowest BCUT2D eigenvalue weighted by atomic mass is 9.89. The van der Waals surface area contributed by atoms with Crippen molar-refractivity contribution >= 4 is 64.5 Å². The van der Waals surface area contributed by atoms with Gasteiger partial charge in [-0.05, 0) is 86.3 Å². The molecule has 0 radical (unpaired) electrons. The van der Waals surface area contributed by atoms with Gasteiger partial charge in [0, 0.05) is 63.3 Å². The Balaban J connectivity index is 1.80. The molecule has 0 aromatic heterocycles. The summed E-state index contributed by atoms with van der Waals surface area (Å²) < 4.78 is 0. The number of benzene rings is 2. The molecule has 2 aromatic rings. The Hall–Kier alpha value is -7.37. The molecule has 7 unspecified atom stereocenters. The highest BCUT2D eigenvalue weighted by Gasteiger charge is 2.35. The van der Waals surface area contributed by atoms with Gasteiger partial charge in [0.05, 0.1) is 49.8 Å². The number of carbonyl (C=O) groups excluding carboxylic acids is 10. The number of nitrogens with two attached hydrogens (primary N) is 2. The topological polar surface area (TPSA) is 388 Å². The van der Waals surface area contributed by atoms with Crippen LogP contribution in [-0.4, -0.2) is 152 Å². The molecule has 0 saturated heterocycles. The molecule has 0 bridgehead atoms. The molecule has 6 amide bonds. The van der Waals surface area contributed by atoms with Crippen molar-refractivity contribution < 1.29 is 73.5 Å². The summed E-state index contributed by atoms with van der Waals surface area (Å²) in [6, 6.07) is 6.34. The van der Waals surface area contributed by atoms with Gasteiger partial charge in [-0.2, -0.15) is 0 Å². The van der Waals surface area contributed by atoms with Crippen LogP contribution in [0, 0.1) is 23.7 Å². The van der Waals surface area contributed by atoms with Crippen molar-refractivity contribution in [3.8, 4) is 11.5 Å². The molecule has 23 heteroatoms. The number of unbranched alkanes of at least 4 members (excludes halogenated alkanes) is 2. The molecule has 13 N–H and O–H groups in total. The number of rotatable bonds is 37. The van der Waals surface area contributed by atoms with Crippen LogP contribution < -0.4 is 32.7 Å². The van der Waals surface area contributed by atoms with Crippen molar-refractivity contribution in [2.24, 2.45) is 40.1 Å². The minimum absolute atomic E-state index is 0.0195. The molecule has 1 aliphatic rings. The second-order valence-electron chi connectivity index (χ2n) is 19.6. The first kappa shape index (κ1) is 63.9. The van der Waals surface area contributed by atoms with Crippen molar-refractivity contribution in [2.75, 3.05) is 32.9 Å². The monoisotopic (exact) mass is 1080 g/mol. The number of aromatic hydroxyl groups is 2. The van der Waals surface area contributed by atoms with E-state index in [-0.39, 0.29) is 80.8 Å². The summed E-state index contributed by atoms with van der Waals surface area (Å²) in [5, 5.41) is 61.4. The van der Waals surface area contributed by atoms with E-state index in [1.54, 1.807) is 6.92 Å². The van der Waals surface area contributed by atoms with Crippen LogP contribution in [-0.2, 0) is 60.8 Å². The van der Waals surface area contributed by atoms with Crippen molar-refractivity contribution in [3.63, 3.8) is 0 Å². The second-order valence-corrected chi connectivity index (χ2v) is 19.6. The summed E-state index contributed by atoms with van der Waals surface area (Å²) in [6.45, 7) is 3.00. The van der Waals surface area contributed by atoms with Crippen molar-refractivity contribution in [3.05, 3.63) is 71.8 Å². The normalized spacial score (nSPS) is 14.9. The lowest BCUT2D eigenvalue weighted by molar-refractivity contribution is -0.137. The third kappa shape index (κ3) is 22.4. The van der Waals surface area contributed by atoms with Gasteiger partial charge in [0.1, 0.15) is 17.5 Å². The highest BCUT2D eigenvalue weighted by Crippen LogP contribution is 2.21. The number of ketones is 4. The molecular weight excluding hydrogens is 1000 g/mol. The number of hydrogen-bond donors (Lipinski definition) is 11. The second kappa shape index (κ2) is 32.9. The van der Waals surface area contributed by atoms with Crippen LogP contribution in [0.25, 0.3) is 0 Å². The number of aliphatic imine (C=N–C) groups is 1. The largest absolute Gasteiger partial charge is 0.508 e. The number of aliphatic hydroxyl groups excluding tert-OH is 3. The molecule has 2 aromatic carbocycles. The van der Waals surface area contributed by atoms with Crippen LogP contribution >= 0.6 is 0 Å². The molecule has 3 rings (SSSR count). The van der Waals surface area contributed by atoms with E-state index in [1.807, 2.05) is 13.8 Å². The smallest absolute Gasteiger partial charge is 0.253 e. The van der Waals surface area contributed by atoms with Gasteiger partial charge in [-0.15, -0.1) is 0 Å². The van der Waals surface area contributed by atoms with Crippen LogP contribution in [0.5, 0.6) is 11.5 Å². The fraction of sp³-hybridized carbons (Fsp3) is 0.537. The third-order valence-corrected chi connectivity index (χ3v) is 12.9. The average molecular weight is 1080 g/mol. The number of carbonyl (C=O) groups is 10. The predicted molar refractivity (Wildman–Crippen MR) is 281 cm³/mol. The maximum atomic E-state index is 14.4. The van der Waals surface area contributed by atoms with Gasteiger partial charge in [0.15, 0.2) is 29.1 Å². The highest BCUT2D eigenvalue weighted by molar-refractivity contribution is 6.12. The molecule has 0 aliphatic carbocycles. The Morgan fingerprint density at radius 3 is 1.56 bits per heavy atom. The van der Waals surface area contributed by atoms with E-state index in [1.165, 1.54) is 60.7 Å². The lowest BCUT2D eigenvalue weighted by Gasteiger charge is -2.26. The van der Waals surface area contributed by atoms with Crippen LogP contribution in [0.1, 0.15) is 103 Å². The van der Waals surface area contributed by atoms with E-state index in [0.29, 0.717) is 36.8 Å². The Morgan fingerprint density at radius 2 is 1.05 bits per heavy atom. The summed E-state index contributed by atoms with van der Waals surface area (Å²) in [5.74, 6) is -10.9. The minimum atomic E-state index is -1.67. The first-order valence-corrected chi connectivity index (χ1v) is 25.9. The summed E-state index contributed by atoms with van der Waals surface area (Å²) in [7, 11) is 0. The molecule has 422 valence electrons. The molecule has 23 nitrogen and oxygen atoms in total. The highest BCUT2D eigenvalue weighted by atomic mass is 16.3. The van der Waals surface area contributed by atoms with Crippen molar-refractivity contribution in [1.29, 1.82) is 0 Å². The predicted octanol–water partition coefficient (Wildman–Crippen LogP) is 0.0895. The molecule has 77 heavy (non-hydrogen) atoms. The number of aliphatic hydroxyl groups is 3. The molecular formula is C54H76N8O15. The van der Waals surface area contributed by atoms with Crippen LogP contribution in [0.2, 0.25) is 0 Å². The van der Waals surface area contributed by atoms with Gasteiger partial charge in [0.25, 0.3) is 11.8 Å². The zero-order valence-corrected chi connectivity index (χ0v) is 44.0. The first-order chi connectivity index (χ1) is 36.6. The van der Waals surface area contributed by atoms with Crippen molar-refractivity contribution in [2.45, 2.75) is 128 Å². The lowest BCUT2D eigenvalue weighted by Crippen LogP contribution is -2.50. The maximum absolute atomic E-state index is 14.4. The Labute approximate surface area is 447 Å². The van der Waals surface area contributed by atoms with Gasteiger partial charge in [-0.3, -0.25) is 57.8 Å². The van der Waals surface area contributed by atoms with E-state index in [4.69, 9.17) is 11.5 Å². The van der Waals surface area contributed by atoms with Crippen LogP contribution in [0.3, 0.4) is 0 Å². The van der Waals surface area contributed by atoms with Gasteiger partial charge in [0.2, 0.25) is 23.6 Å². The standard InChI is InChI=1S/C54H76N8O15/c1-4-44(68)41(23-32(2)3)59-52(76)37(30-64)28-46(70)42(25-34-13-17-39(67)18-14-34)60-51(75)35(24-33-11-15-38(66)16-12-33)26-47(71)43(31-65)61-53(77)36(29-63)27-45(69)40(9-8-21-57-54(55)56)58-48(72)10-6-5-7-22-62-49(73)19-20-50(62)74/h11-20,32,35-37,40-43,63-67H,4-10,21-31H2,1-3H3,(H,58,72)(H,59,76)(H,60,75)(H,61,77)(H4,55,56,57). The van der Waals surface area contributed by atoms with Gasteiger partial charge in [-0.1, -0.05) is 51.5 Å². The first-order valence-electron chi connectivity index (χ1n) is 25.9. The average Bonchev–Trinajstić information content (AvgIpc) is 3.71. The van der Waals surface area contributed by atoms with Gasteiger partial charge in [-0.25, -0.2) is 0 Å². The number of nitrogens with one attached hydrogen (secondary N) is 4. The zero-order chi connectivity index (χ0) is 57.2. The number of Topliss-reactive ketones (excluding diaryl/α,β-unsaturated/α-hetero) is 4. The maximum Gasteiger partial charge on any atom is 0.253 e. The molecule has 0 spiro atoms. The third-order valence-electron chi connectivity index (χ3n) is 12.9. The molecule has 0 fully saturated rings. The Morgan fingerprint density at radius 1 is 0.571 bits per heavy atom. The fourth-order valence-electron chi connectivity index (χ4n) is 8.48. The number of amides is 6. The summed E-state index contributed by atoms with van der Waals surface area (Å²) in [5.41, 5.74) is 11.8. The zero-order valence-electron chi connectivity index (χ0n) is 44.0. The molecule has 1 heterocycles. The minimum Gasteiger partial charge on any atom is -0.508 e. The summed E-state index contributed by atoms with van der Waals surface area (Å²) in [6.07, 6.45) is 2.13. The van der Waals surface area contributed by atoms with Gasteiger partial charge < -0.3 is 58.3 Å². The molecule has 0 saturated carbocycles. The van der Waals surface area contributed by atoms with Crippen molar-refractivity contribution in [1.82, 2.24) is 26.2 Å². The number of phenols is 2. The van der Waals surface area contributed by atoms with E-state index in [9.17, 15) is 73.5 Å². The quantitative estimate of drug-likeness (QED) is 0.0185. The van der Waals surface area contributed by atoms with E-state index in [2.05, 4.69) is 26.3 Å². The number of phenolic OH excluding ortho intramolecular Hbond substituents is 2. The number of nitrogens with zero attached hydrogens (tertiary/aromatic N) is 2. The van der Waals surface area contributed by atoms with E-state index >= 15 is 0 Å². The summed E-state index contributed by atoms with van der Waals surface area (Å²) >= 11 is 0. The number of imide groups is 1. The van der Waals surface area contributed by atoms with Gasteiger partial charge >= 0.3 is 0 Å². The Kier molecular flexibility index (Phi) is 27.3.